The van der Waals surface area contributed by atoms with E-state index in [9.17, 15) is 5.11 Å². The van der Waals surface area contributed by atoms with E-state index in [2.05, 4.69) is 9.97 Å². The van der Waals surface area contributed by atoms with E-state index >= 15 is 0 Å². The number of nitrogens with zero attached hydrogens (tertiary/aromatic N) is 3. The molecule has 1 atom stereocenters. The van der Waals surface area contributed by atoms with Crippen molar-refractivity contribution in [3.05, 3.63) is 34.8 Å². The monoisotopic (exact) mass is 239 g/mol. The molecule has 0 bridgehead atoms. The highest BCUT2D eigenvalue weighted by atomic mass is 32.1. The maximum Gasteiger partial charge on any atom is 0.115 e. The number of rotatable bonds is 5. The molecule has 6 heteroatoms. The molecule has 86 valence electrons. The van der Waals surface area contributed by atoms with Gasteiger partial charge in [-0.15, -0.1) is 11.3 Å². The number of aromatic nitrogens is 3. The van der Waals surface area contributed by atoms with E-state index in [1.54, 1.807) is 29.9 Å². The van der Waals surface area contributed by atoms with Crippen molar-refractivity contribution in [3.8, 4) is 0 Å². The van der Waals surface area contributed by atoms with E-state index in [1.807, 2.05) is 9.95 Å². The molecule has 2 N–H and O–H groups in total. The fourth-order valence-corrected chi connectivity index (χ4v) is 2.05. The van der Waals surface area contributed by atoms with Crippen LogP contribution in [0, 0.1) is 0 Å². The molecule has 0 saturated heterocycles. The normalized spacial score (nSPS) is 12.9. The quantitative estimate of drug-likeness (QED) is 0.786. The van der Waals surface area contributed by atoms with Crippen molar-refractivity contribution < 1.29 is 10.2 Å². The van der Waals surface area contributed by atoms with Crippen LogP contribution in [0.4, 0.5) is 0 Å². The van der Waals surface area contributed by atoms with Gasteiger partial charge in [0.15, 0.2) is 0 Å². The van der Waals surface area contributed by atoms with Crippen LogP contribution < -0.4 is 0 Å². The average molecular weight is 239 g/mol. The summed E-state index contributed by atoms with van der Waals surface area (Å²) < 4.78 is 1.84. The topological polar surface area (TPSA) is 71.2 Å². The van der Waals surface area contributed by atoms with Gasteiger partial charge >= 0.3 is 0 Å². The largest absolute Gasteiger partial charge is 0.394 e. The molecule has 0 fully saturated rings. The van der Waals surface area contributed by atoms with Crippen molar-refractivity contribution in [1.82, 2.24) is 14.5 Å². The number of aliphatic hydroxyl groups excluding tert-OH is 2. The van der Waals surface area contributed by atoms with E-state index in [4.69, 9.17) is 5.11 Å². The fraction of sp³-hybridized carbons (Fsp3) is 0.400. The molecule has 0 aliphatic heterocycles. The van der Waals surface area contributed by atoms with Gasteiger partial charge in [0.2, 0.25) is 0 Å². The Morgan fingerprint density at radius 2 is 2.25 bits per heavy atom. The van der Waals surface area contributed by atoms with Crippen molar-refractivity contribution in [2.24, 2.45) is 0 Å². The molecule has 0 aromatic carbocycles. The molecule has 0 aliphatic rings. The van der Waals surface area contributed by atoms with E-state index in [1.165, 1.54) is 0 Å². The predicted octanol–water partition coefficient (Wildman–Crippen LogP) is 0.284. The van der Waals surface area contributed by atoms with Gasteiger partial charge in [0.25, 0.3) is 0 Å². The van der Waals surface area contributed by atoms with Gasteiger partial charge in [0, 0.05) is 24.0 Å². The Bertz CT molecular complexity index is 427. The lowest BCUT2D eigenvalue weighted by Crippen LogP contribution is -2.20. The predicted molar refractivity (Wildman–Crippen MR) is 60.2 cm³/mol. The number of imidazole rings is 1. The molecule has 0 spiro atoms. The first-order chi connectivity index (χ1) is 7.79. The number of aliphatic hydroxyl groups is 2. The molecule has 1 unspecified atom stereocenters. The number of thiazole rings is 1. The van der Waals surface area contributed by atoms with Crippen LogP contribution in [0.2, 0.25) is 0 Å². The molecular formula is C10H13N3O2S. The minimum Gasteiger partial charge on any atom is -0.394 e. The first kappa shape index (κ1) is 11.3. The van der Waals surface area contributed by atoms with Gasteiger partial charge in [0.05, 0.1) is 30.7 Å². The average Bonchev–Trinajstić information content (AvgIpc) is 2.92. The highest BCUT2D eigenvalue weighted by Gasteiger charge is 2.09. The minimum absolute atomic E-state index is 0.241. The minimum atomic E-state index is -0.746. The zero-order valence-corrected chi connectivity index (χ0v) is 9.47. The Kier molecular flexibility index (Phi) is 3.66. The molecule has 2 aromatic heterocycles. The van der Waals surface area contributed by atoms with Crippen LogP contribution in [-0.2, 0) is 13.0 Å². The molecule has 5 nitrogen and oxygen atoms in total. The Labute approximate surface area is 97.0 Å². The van der Waals surface area contributed by atoms with Crippen LogP contribution in [0.25, 0.3) is 0 Å². The molecule has 0 aliphatic carbocycles. The smallest absolute Gasteiger partial charge is 0.115 e. The van der Waals surface area contributed by atoms with Crippen molar-refractivity contribution >= 4 is 11.3 Å². The van der Waals surface area contributed by atoms with Crippen LogP contribution >= 0.6 is 11.3 Å². The maximum absolute atomic E-state index is 9.37. The van der Waals surface area contributed by atoms with Crippen molar-refractivity contribution in [1.29, 1.82) is 0 Å². The summed E-state index contributed by atoms with van der Waals surface area (Å²) in [5.74, 6) is 0.849. The van der Waals surface area contributed by atoms with E-state index < -0.39 is 6.10 Å². The standard InChI is InChI=1S/C10H13N3O2S/c14-7-8(15)6-13-3-1-11-9(13)5-10-12-2-4-16-10/h1-4,8,14-15H,5-7H2. The van der Waals surface area contributed by atoms with Crippen molar-refractivity contribution in [3.63, 3.8) is 0 Å². The van der Waals surface area contributed by atoms with Crippen LogP contribution in [0.1, 0.15) is 10.8 Å². The molecule has 2 heterocycles. The third kappa shape index (κ3) is 2.66. The zero-order valence-electron chi connectivity index (χ0n) is 8.65. The molecule has 2 rings (SSSR count). The Balaban J connectivity index is 2.07. The molecule has 0 amide bonds. The SMILES string of the molecule is OCC(O)Cn1ccnc1Cc1nccs1. The summed E-state index contributed by atoms with van der Waals surface area (Å²) in [4.78, 5) is 8.40. The maximum atomic E-state index is 9.37. The summed E-state index contributed by atoms with van der Waals surface area (Å²) in [5, 5.41) is 21.1. The number of hydrogen-bond acceptors (Lipinski definition) is 5. The summed E-state index contributed by atoms with van der Waals surface area (Å²) >= 11 is 1.58. The van der Waals surface area contributed by atoms with Crippen LogP contribution in [0.3, 0.4) is 0 Å². The van der Waals surface area contributed by atoms with Crippen molar-refractivity contribution in [2.45, 2.75) is 19.1 Å². The van der Waals surface area contributed by atoms with E-state index in [-0.39, 0.29) is 6.61 Å². The lowest BCUT2D eigenvalue weighted by Gasteiger charge is -2.10. The molecule has 16 heavy (non-hydrogen) atoms. The first-order valence-electron chi connectivity index (χ1n) is 4.97. The number of hydrogen-bond donors (Lipinski definition) is 2. The molecule has 2 aromatic rings. The second-order valence-electron chi connectivity index (χ2n) is 3.43. The van der Waals surface area contributed by atoms with Gasteiger partial charge in [-0.1, -0.05) is 0 Å². The summed E-state index contributed by atoms with van der Waals surface area (Å²) in [7, 11) is 0. The van der Waals surface area contributed by atoms with Crippen LogP contribution in [-0.4, -0.2) is 37.5 Å². The van der Waals surface area contributed by atoms with Gasteiger partial charge in [-0.05, 0) is 0 Å². The van der Waals surface area contributed by atoms with Gasteiger partial charge in [-0.2, -0.15) is 0 Å². The fourth-order valence-electron chi connectivity index (χ4n) is 1.43. The lowest BCUT2D eigenvalue weighted by atomic mass is 10.3. The van der Waals surface area contributed by atoms with Gasteiger partial charge in [-0.25, -0.2) is 9.97 Å². The van der Waals surface area contributed by atoms with E-state index in [0.717, 1.165) is 10.8 Å². The summed E-state index contributed by atoms with van der Waals surface area (Å²) in [6.45, 7) is 0.117. The summed E-state index contributed by atoms with van der Waals surface area (Å²) in [5.41, 5.74) is 0. The van der Waals surface area contributed by atoms with Gasteiger partial charge in [0.1, 0.15) is 5.82 Å². The van der Waals surface area contributed by atoms with Gasteiger partial charge in [-0.3, -0.25) is 0 Å². The third-order valence-electron chi connectivity index (χ3n) is 2.21. The Morgan fingerprint density at radius 3 is 2.94 bits per heavy atom. The Morgan fingerprint density at radius 1 is 1.38 bits per heavy atom. The Hall–Kier alpha value is -1.24. The van der Waals surface area contributed by atoms with Crippen LogP contribution in [0.5, 0.6) is 0 Å². The van der Waals surface area contributed by atoms with Crippen molar-refractivity contribution in [2.75, 3.05) is 6.61 Å². The second-order valence-corrected chi connectivity index (χ2v) is 4.41. The summed E-state index contributed by atoms with van der Waals surface area (Å²) in [6.07, 6.45) is 5.15. The molecule has 0 radical (unpaired) electrons. The highest BCUT2D eigenvalue weighted by molar-refractivity contribution is 7.09. The van der Waals surface area contributed by atoms with Gasteiger partial charge < -0.3 is 14.8 Å². The lowest BCUT2D eigenvalue weighted by molar-refractivity contribution is 0.0806. The van der Waals surface area contributed by atoms with E-state index in [0.29, 0.717) is 13.0 Å². The highest BCUT2D eigenvalue weighted by Crippen LogP contribution is 2.10. The second kappa shape index (κ2) is 5.20. The zero-order chi connectivity index (χ0) is 11.4. The first-order valence-corrected chi connectivity index (χ1v) is 5.85. The molecule has 0 saturated carbocycles. The van der Waals surface area contributed by atoms with Crippen LogP contribution in [0.15, 0.2) is 24.0 Å². The third-order valence-corrected chi connectivity index (χ3v) is 2.99. The molecular weight excluding hydrogens is 226 g/mol. The summed E-state index contributed by atoms with van der Waals surface area (Å²) in [6, 6.07) is 0.